The number of nitrogens with zero attached hydrogens (tertiary/aromatic N) is 1. The number of aryl methyl sites for hydroxylation is 1. The lowest BCUT2D eigenvalue weighted by Crippen LogP contribution is -2.42. The van der Waals surface area contributed by atoms with Gasteiger partial charge in [0.05, 0.1) is 12.3 Å². The van der Waals surface area contributed by atoms with Crippen molar-refractivity contribution in [3.8, 4) is 5.75 Å². The monoisotopic (exact) mass is 473 g/mol. The minimum absolute atomic E-state index is 0.214. The summed E-state index contributed by atoms with van der Waals surface area (Å²) < 4.78 is 40.3. The third kappa shape index (κ3) is 5.20. The molecule has 0 amide bonds. The van der Waals surface area contributed by atoms with E-state index >= 15 is 0 Å². The van der Waals surface area contributed by atoms with Gasteiger partial charge < -0.3 is 14.6 Å². The van der Waals surface area contributed by atoms with E-state index in [4.69, 9.17) is 9.47 Å². The van der Waals surface area contributed by atoms with Gasteiger partial charge in [0.1, 0.15) is 5.75 Å². The highest BCUT2D eigenvalue weighted by Gasteiger charge is 2.38. The van der Waals surface area contributed by atoms with Crippen molar-refractivity contribution in [1.29, 1.82) is 0 Å². The number of sulfonamides is 1. The van der Waals surface area contributed by atoms with Gasteiger partial charge in [-0.15, -0.1) is 0 Å². The number of ether oxygens (including phenoxy) is 2. The van der Waals surface area contributed by atoms with Crippen LogP contribution in [0.25, 0.3) is 0 Å². The summed E-state index contributed by atoms with van der Waals surface area (Å²) in [5.41, 5.74) is 1.49. The van der Waals surface area contributed by atoms with E-state index in [2.05, 4.69) is 19.9 Å². The Hall–Kier alpha value is -2.09. The van der Waals surface area contributed by atoms with Crippen molar-refractivity contribution in [3.63, 3.8) is 0 Å². The Morgan fingerprint density at radius 1 is 1.12 bits per heavy atom. The molecule has 33 heavy (non-hydrogen) atoms. The second-order valence-corrected chi connectivity index (χ2v) is 11.0. The zero-order valence-corrected chi connectivity index (χ0v) is 20.4. The molecule has 0 saturated carbocycles. The molecular formula is C26H35NO5S. The maximum Gasteiger partial charge on any atom is 0.266 e. The van der Waals surface area contributed by atoms with Gasteiger partial charge >= 0.3 is 0 Å². The van der Waals surface area contributed by atoms with Crippen molar-refractivity contribution in [1.82, 2.24) is 0 Å². The van der Waals surface area contributed by atoms with Gasteiger partial charge in [-0.05, 0) is 60.8 Å². The molecule has 6 nitrogen and oxygen atoms in total. The van der Waals surface area contributed by atoms with E-state index in [-0.39, 0.29) is 11.5 Å². The van der Waals surface area contributed by atoms with Crippen LogP contribution in [0.5, 0.6) is 5.75 Å². The lowest BCUT2D eigenvalue weighted by molar-refractivity contribution is 0.0493. The lowest BCUT2D eigenvalue weighted by atomic mass is 9.91. The summed E-state index contributed by atoms with van der Waals surface area (Å²) in [6.07, 6.45) is 4.48. The van der Waals surface area contributed by atoms with Gasteiger partial charge in [0.25, 0.3) is 10.0 Å². The second-order valence-electron chi connectivity index (χ2n) is 9.13. The average molecular weight is 474 g/mol. The summed E-state index contributed by atoms with van der Waals surface area (Å²) in [5, 5.41) is 11.2. The molecule has 4 rings (SSSR count). The molecule has 2 aromatic rings. The number of aliphatic hydroxyl groups is 1. The highest BCUT2D eigenvalue weighted by molar-refractivity contribution is 7.92. The standard InChI is InChI=1S/C26H35NO5S/c1-3-19-9-10-24-22(15-19)16-20(4-2)17-27(24)33(29,30)26(28)23-7-5-6-8-25(23)32-18-21-11-13-31-14-12-21/h5-10,15,20-21,26,28H,3-4,11-14,16-18H2,1-2H3. The van der Waals surface area contributed by atoms with Gasteiger partial charge in [0, 0.05) is 25.3 Å². The van der Waals surface area contributed by atoms with E-state index in [0.29, 0.717) is 30.5 Å². The van der Waals surface area contributed by atoms with E-state index in [1.54, 1.807) is 24.3 Å². The molecule has 0 aliphatic carbocycles. The van der Waals surface area contributed by atoms with E-state index in [1.807, 2.05) is 12.1 Å². The molecule has 1 fully saturated rings. The predicted octanol–water partition coefficient (Wildman–Crippen LogP) is 4.46. The Balaban J connectivity index is 1.61. The van der Waals surface area contributed by atoms with Gasteiger partial charge in [0.15, 0.2) is 0 Å². The zero-order chi connectivity index (χ0) is 23.4. The zero-order valence-electron chi connectivity index (χ0n) is 19.6. The first-order valence-electron chi connectivity index (χ1n) is 12.0. The number of fused-ring (bicyclic) bond motifs is 1. The van der Waals surface area contributed by atoms with Crippen molar-refractivity contribution >= 4 is 15.7 Å². The third-order valence-corrected chi connectivity index (χ3v) is 8.70. The Bertz CT molecular complexity index is 1050. The molecule has 0 aromatic heterocycles. The first-order chi connectivity index (χ1) is 15.9. The number of hydrogen-bond donors (Lipinski definition) is 1. The maximum absolute atomic E-state index is 13.7. The number of para-hydroxylation sites is 1. The van der Waals surface area contributed by atoms with Crippen LogP contribution in [0.1, 0.15) is 55.2 Å². The number of benzene rings is 2. The maximum atomic E-state index is 13.7. The number of anilines is 1. The van der Waals surface area contributed by atoms with Crippen LogP contribution in [0, 0.1) is 11.8 Å². The topological polar surface area (TPSA) is 76.1 Å². The van der Waals surface area contributed by atoms with Crippen molar-refractivity contribution < 1.29 is 23.0 Å². The van der Waals surface area contributed by atoms with Crippen molar-refractivity contribution in [3.05, 3.63) is 59.2 Å². The normalized spacial score (nSPS) is 20.3. The molecule has 1 N–H and O–H groups in total. The third-order valence-electron chi connectivity index (χ3n) is 6.92. The van der Waals surface area contributed by atoms with Crippen LogP contribution >= 0.6 is 0 Å². The summed E-state index contributed by atoms with van der Waals surface area (Å²) in [4.78, 5) is 0. The average Bonchev–Trinajstić information content (AvgIpc) is 2.86. The summed E-state index contributed by atoms with van der Waals surface area (Å²) >= 11 is 0. The van der Waals surface area contributed by atoms with E-state index in [9.17, 15) is 13.5 Å². The molecule has 2 atom stereocenters. The fourth-order valence-corrected chi connectivity index (χ4v) is 6.33. The fraction of sp³-hybridized carbons (Fsp3) is 0.538. The van der Waals surface area contributed by atoms with Gasteiger partial charge in [-0.1, -0.05) is 50.6 Å². The van der Waals surface area contributed by atoms with Crippen molar-refractivity contribution in [2.45, 2.75) is 51.4 Å². The van der Waals surface area contributed by atoms with Gasteiger partial charge in [-0.3, -0.25) is 4.31 Å². The minimum Gasteiger partial charge on any atom is -0.493 e. The van der Waals surface area contributed by atoms with Crippen molar-refractivity contribution in [2.75, 3.05) is 30.7 Å². The van der Waals surface area contributed by atoms with Crippen LogP contribution in [0.2, 0.25) is 0 Å². The van der Waals surface area contributed by atoms with E-state index in [1.165, 1.54) is 9.87 Å². The lowest BCUT2D eigenvalue weighted by Gasteiger charge is -2.36. The molecular weight excluding hydrogens is 438 g/mol. The number of hydrogen-bond acceptors (Lipinski definition) is 5. The van der Waals surface area contributed by atoms with E-state index < -0.39 is 15.5 Å². The van der Waals surface area contributed by atoms with Crippen LogP contribution in [0.15, 0.2) is 42.5 Å². The fourth-order valence-electron chi connectivity index (χ4n) is 4.71. The van der Waals surface area contributed by atoms with Crippen LogP contribution in [0.3, 0.4) is 0 Å². The Morgan fingerprint density at radius 2 is 1.88 bits per heavy atom. The molecule has 0 radical (unpaired) electrons. The van der Waals surface area contributed by atoms with Crippen LogP contribution in [0.4, 0.5) is 5.69 Å². The number of aliphatic hydroxyl groups excluding tert-OH is 1. The van der Waals surface area contributed by atoms with Gasteiger partial charge in [-0.25, -0.2) is 8.42 Å². The minimum atomic E-state index is -4.07. The number of rotatable bonds is 8. The van der Waals surface area contributed by atoms with Gasteiger partial charge in [-0.2, -0.15) is 0 Å². The summed E-state index contributed by atoms with van der Waals surface area (Å²) in [7, 11) is -4.07. The molecule has 2 aliphatic rings. The smallest absolute Gasteiger partial charge is 0.266 e. The Labute approximate surface area is 197 Å². The van der Waals surface area contributed by atoms with E-state index in [0.717, 1.165) is 50.9 Å². The van der Waals surface area contributed by atoms with Crippen LogP contribution < -0.4 is 9.04 Å². The highest BCUT2D eigenvalue weighted by Crippen LogP contribution is 2.39. The molecule has 2 unspecified atom stereocenters. The van der Waals surface area contributed by atoms with Crippen LogP contribution in [-0.2, 0) is 27.6 Å². The Kier molecular flexibility index (Phi) is 7.62. The first kappa shape index (κ1) is 24.0. The summed E-state index contributed by atoms with van der Waals surface area (Å²) in [6, 6.07) is 12.9. The van der Waals surface area contributed by atoms with Crippen molar-refractivity contribution in [2.24, 2.45) is 11.8 Å². The molecule has 2 heterocycles. The largest absolute Gasteiger partial charge is 0.493 e. The Morgan fingerprint density at radius 3 is 2.61 bits per heavy atom. The molecule has 180 valence electrons. The molecule has 2 aromatic carbocycles. The van der Waals surface area contributed by atoms with Crippen LogP contribution in [-0.4, -0.2) is 39.9 Å². The highest BCUT2D eigenvalue weighted by atomic mass is 32.2. The molecule has 0 spiro atoms. The molecule has 0 bridgehead atoms. The first-order valence-corrected chi connectivity index (χ1v) is 13.5. The second kappa shape index (κ2) is 10.5. The molecule has 1 saturated heterocycles. The summed E-state index contributed by atoms with van der Waals surface area (Å²) in [6.45, 7) is 6.48. The molecule has 7 heteroatoms. The summed E-state index contributed by atoms with van der Waals surface area (Å²) in [5.74, 6) is 1.00. The predicted molar refractivity (Wildman–Crippen MR) is 130 cm³/mol. The quantitative estimate of drug-likeness (QED) is 0.612. The SMILES string of the molecule is CCc1ccc2c(c1)CC(CC)CN2S(=O)(=O)C(O)c1ccccc1OCC1CCOCC1. The van der Waals surface area contributed by atoms with Gasteiger partial charge in [0.2, 0.25) is 5.44 Å². The molecule has 2 aliphatic heterocycles.